The maximum absolute atomic E-state index is 10.5. The lowest BCUT2D eigenvalue weighted by Crippen LogP contribution is -2.49. The van der Waals surface area contributed by atoms with Gasteiger partial charge in [-0.2, -0.15) is 0 Å². The highest BCUT2D eigenvalue weighted by Crippen LogP contribution is 2.41. The van der Waals surface area contributed by atoms with E-state index >= 15 is 0 Å². The molecule has 0 radical (unpaired) electrons. The Hall–Kier alpha value is -1.14. The molecule has 0 amide bonds. The summed E-state index contributed by atoms with van der Waals surface area (Å²) >= 11 is 11.9. The van der Waals surface area contributed by atoms with Gasteiger partial charge in [0, 0.05) is 34.0 Å². The van der Waals surface area contributed by atoms with E-state index in [4.69, 9.17) is 23.2 Å². The van der Waals surface area contributed by atoms with Crippen LogP contribution in [0.1, 0.15) is 62.5 Å². The first-order chi connectivity index (χ1) is 17.1. The van der Waals surface area contributed by atoms with Gasteiger partial charge in [0.25, 0.3) is 0 Å². The third-order valence-electron chi connectivity index (χ3n) is 8.01. The first kappa shape index (κ1) is 29.4. The van der Waals surface area contributed by atoms with E-state index in [9.17, 15) is 10.2 Å². The molecule has 4 atom stereocenters. The zero-order valence-corrected chi connectivity index (χ0v) is 23.9. The molecule has 0 aliphatic heterocycles. The summed E-state index contributed by atoms with van der Waals surface area (Å²) in [7, 11) is 8.27. The fourth-order valence-corrected chi connectivity index (χ4v) is 6.61. The molecule has 2 aromatic carbocycles. The predicted octanol–water partition coefficient (Wildman–Crippen LogP) is 6.15. The molecule has 4 nitrogen and oxygen atoms in total. The minimum atomic E-state index is -0.255. The summed E-state index contributed by atoms with van der Waals surface area (Å²) < 4.78 is 0. The van der Waals surface area contributed by atoms with Crippen LogP contribution in [0.5, 0.6) is 0 Å². The van der Waals surface area contributed by atoms with Crippen LogP contribution in [-0.4, -0.2) is 73.5 Å². The van der Waals surface area contributed by atoms with Gasteiger partial charge in [0.05, 0.1) is 12.2 Å². The first-order valence-corrected chi connectivity index (χ1v) is 14.0. The quantitative estimate of drug-likeness (QED) is 0.466. The van der Waals surface area contributed by atoms with Crippen molar-refractivity contribution >= 4 is 23.2 Å². The van der Waals surface area contributed by atoms with Crippen molar-refractivity contribution in [2.45, 2.75) is 74.4 Å². The molecular formula is C30H44Cl2N2O2. The Kier molecular flexibility index (Phi) is 10.7. The van der Waals surface area contributed by atoms with Crippen LogP contribution < -0.4 is 0 Å². The lowest BCUT2D eigenvalue weighted by molar-refractivity contribution is 0.0263. The maximum atomic E-state index is 10.5. The molecule has 0 aromatic heterocycles. The molecule has 2 aromatic rings. The minimum Gasteiger partial charge on any atom is -0.392 e. The van der Waals surface area contributed by atoms with Gasteiger partial charge >= 0.3 is 0 Å². The summed E-state index contributed by atoms with van der Waals surface area (Å²) in [6, 6.07) is 16.0. The van der Waals surface area contributed by atoms with E-state index in [1.165, 1.54) is 24.0 Å². The number of rotatable bonds is 6. The summed E-state index contributed by atoms with van der Waals surface area (Å²) in [6.07, 6.45) is 8.02. The van der Waals surface area contributed by atoms with Gasteiger partial charge in [-0.1, -0.05) is 73.2 Å². The molecule has 0 bridgehead atoms. The minimum absolute atomic E-state index is 0.133. The Morgan fingerprint density at radius 1 is 0.639 bits per heavy atom. The van der Waals surface area contributed by atoms with Gasteiger partial charge in [0.1, 0.15) is 0 Å². The highest BCUT2D eigenvalue weighted by Gasteiger charge is 2.42. The van der Waals surface area contributed by atoms with Crippen LogP contribution in [0.15, 0.2) is 48.5 Å². The van der Waals surface area contributed by atoms with Crippen LogP contribution in [0.4, 0.5) is 0 Å². The maximum Gasteiger partial charge on any atom is 0.0649 e. The molecule has 2 fully saturated rings. The van der Waals surface area contributed by atoms with Crippen LogP contribution in [0.2, 0.25) is 10.0 Å². The molecule has 0 spiro atoms. The van der Waals surface area contributed by atoms with E-state index in [0.717, 1.165) is 61.7 Å². The third kappa shape index (κ3) is 7.03. The highest BCUT2D eigenvalue weighted by molar-refractivity contribution is 6.30. The molecule has 2 N–H and O–H groups in total. The van der Waals surface area contributed by atoms with E-state index in [-0.39, 0.29) is 23.0 Å². The number of hydrogen-bond donors (Lipinski definition) is 2. The van der Waals surface area contributed by atoms with E-state index in [2.05, 4.69) is 62.3 Å². The normalized spacial score (nSPS) is 28.6. The van der Waals surface area contributed by atoms with Gasteiger partial charge in [0.2, 0.25) is 0 Å². The second-order valence-corrected chi connectivity index (χ2v) is 12.2. The molecule has 4 rings (SSSR count). The van der Waals surface area contributed by atoms with E-state index in [1.807, 2.05) is 24.3 Å². The van der Waals surface area contributed by atoms with Crippen molar-refractivity contribution < 1.29 is 10.2 Å². The largest absolute Gasteiger partial charge is 0.392 e. The van der Waals surface area contributed by atoms with Gasteiger partial charge in [-0.05, 0) is 89.3 Å². The topological polar surface area (TPSA) is 46.9 Å². The number of aliphatic hydroxyl groups is 2. The van der Waals surface area contributed by atoms with Gasteiger partial charge < -0.3 is 20.0 Å². The second-order valence-electron chi connectivity index (χ2n) is 11.3. The molecule has 2 saturated carbocycles. The van der Waals surface area contributed by atoms with Gasteiger partial charge in [0.15, 0.2) is 0 Å². The van der Waals surface area contributed by atoms with Crippen molar-refractivity contribution in [3.63, 3.8) is 0 Å². The highest BCUT2D eigenvalue weighted by atomic mass is 35.5. The van der Waals surface area contributed by atoms with Crippen molar-refractivity contribution in [2.75, 3.05) is 41.3 Å². The third-order valence-corrected chi connectivity index (χ3v) is 8.52. The Balaban J connectivity index is 0.000000201. The van der Waals surface area contributed by atoms with Crippen molar-refractivity contribution in [1.29, 1.82) is 0 Å². The molecular weight excluding hydrogens is 491 g/mol. The second kappa shape index (κ2) is 13.1. The molecule has 0 heterocycles. The smallest absolute Gasteiger partial charge is 0.0649 e. The summed E-state index contributed by atoms with van der Waals surface area (Å²) in [5, 5.41) is 22.6. The molecule has 0 saturated heterocycles. The monoisotopic (exact) mass is 534 g/mol. The van der Waals surface area contributed by atoms with Crippen molar-refractivity contribution in [3.8, 4) is 0 Å². The van der Waals surface area contributed by atoms with E-state index in [0.29, 0.717) is 0 Å². The van der Waals surface area contributed by atoms with Crippen LogP contribution in [-0.2, 0) is 10.8 Å². The van der Waals surface area contributed by atoms with Crippen LogP contribution >= 0.6 is 23.2 Å². The van der Waals surface area contributed by atoms with Crippen molar-refractivity contribution in [1.82, 2.24) is 9.80 Å². The SMILES string of the molecule is CN(C)C[C@@]1(c2ccc(Cl)cc2)CCCC[C@@H]1O.CN(C)C[C@]1(c2ccc(Cl)cc2)CCCC[C@H]1O. The molecule has 2 aliphatic rings. The zero-order chi connectivity index (χ0) is 26.3. The number of likely N-dealkylation sites (N-methyl/N-ethyl adjacent to an activating group) is 2. The number of aliphatic hydroxyl groups excluding tert-OH is 2. The van der Waals surface area contributed by atoms with Crippen LogP contribution in [0, 0.1) is 0 Å². The average molecular weight is 536 g/mol. The number of benzene rings is 2. The predicted molar refractivity (Wildman–Crippen MR) is 152 cm³/mol. The van der Waals surface area contributed by atoms with E-state index < -0.39 is 0 Å². The Morgan fingerprint density at radius 3 is 1.25 bits per heavy atom. The van der Waals surface area contributed by atoms with Gasteiger partial charge in [-0.25, -0.2) is 0 Å². The zero-order valence-electron chi connectivity index (χ0n) is 22.4. The lowest BCUT2D eigenvalue weighted by Gasteiger charge is -2.43. The number of hydrogen-bond acceptors (Lipinski definition) is 4. The average Bonchev–Trinajstić information content (AvgIpc) is 2.83. The fraction of sp³-hybridized carbons (Fsp3) is 0.600. The van der Waals surface area contributed by atoms with Crippen molar-refractivity contribution in [3.05, 3.63) is 69.7 Å². The molecule has 0 unspecified atom stereocenters. The summed E-state index contributed by atoms with van der Waals surface area (Å²) in [5.41, 5.74) is 2.17. The lowest BCUT2D eigenvalue weighted by atomic mass is 9.67. The van der Waals surface area contributed by atoms with Crippen LogP contribution in [0.3, 0.4) is 0 Å². The Bertz CT molecular complexity index is 857. The fourth-order valence-electron chi connectivity index (χ4n) is 6.36. The molecule has 6 heteroatoms. The van der Waals surface area contributed by atoms with Gasteiger partial charge in [-0.15, -0.1) is 0 Å². The molecule has 2 aliphatic carbocycles. The van der Waals surface area contributed by atoms with Crippen molar-refractivity contribution in [2.24, 2.45) is 0 Å². The van der Waals surface area contributed by atoms with E-state index in [1.54, 1.807) is 0 Å². The number of nitrogens with zero attached hydrogens (tertiary/aromatic N) is 2. The summed E-state index contributed by atoms with van der Waals surface area (Å²) in [6.45, 7) is 1.77. The standard InChI is InChI=1S/2C15H22ClNO/c2*1-17(2)11-15(10-4-3-5-14(15)18)12-6-8-13(16)9-7-12/h2*6-9,14,18H,3-5,10-11H2,1-2H3/t2*14-,15+/m10/s1. The number of halogens is 2. The Labute approximate surface area is 228 Å². The van der Waals surface area contributed by atoms with Gasteiger partial charge in [-0.3, -0.25) is 0 Å². The summed E-state index contributed by atoms with van der Waals surface area (Å²) in [4.78, 5) is 4.34. The molecule has 36 heavy (non-hydrogen) atoms. The molecule has 200 valence electrons. The first-order valence-electron chi connectivity index (χ1n) is 13.3. The van der Waals surface area contributed by atoms with Crippen LogP contribution in [0.25, 0.3) is 0 Å². The Morgan fingerprint density at radius 2 is 0.972 bits per heavy atom. The summed E-state index contributed by atoms with van der Waals surface area (Å²) in [5.74, 6) is 0.